The molecule has 24 heavy (non-hydrogen) atoms. The van der Waals surface area contributed by atoms with E-state index in [0.717, 1.165) is 6.07 Å². The molecule has 0 aliphatic carbocycles. The van der Waals surface area contributed by atoms with Crippen molar-refractivity contribution in [3.05, 3.63) is 58.3 Å². The van der Waals surface area contributed by atoms with E-state index in [0.29, 0.717) is 5.76 Å². The van der Waals surface area contributed by atoms with Gasteiger partial charge in [0.1, 0.15) is 18.2 Å². The van der Waals surface area contributed by atoms with Crippen LogP contribution in [0.2, 0.25) is 5.02 Å². The molecule has 8 heteroatoms. The molecule has 2 aromatic rings. The lowest BCUT2D eigenvalue weighted by atomic mass is 10.0. The van der Waals surface area contributed by atoms with Crippen molar-refractivity contribution in [1.82, 2.24) is 5.32 Å². The second-order valence-corrected chi connectivity index (χ2v) is 5.40. The van der Waals surface area contributed by atoms with Gasteiger partial charge < -0.3 is 19.6 Å². The number of halogens is 2. The third-order valence-corrected chi connectivity index (χ3v) is 3.51. The highest BCUT2D eigenvalue weighted by molar-refractivity contribution is 6.30. The van der Waals surface area contributed by atoms with Crippen LogP contribution in [0.1, 0.15) is 34.3 Å². The summed E-state index contributed by atoms with van der Waals surface area (Å²) in [6.45, 7) is 0.203. The Hall–Kier alpha value is -2.38. The summed E-state index contributed by atoms with van der Waals surface area (Å²) in [5.74, 6) is -1.99. The maximum absolute atomic E-state index is 13.6. The van der Waals surface area contributed by atoms with E-state index in [2.05, 4.69) is 5.32 Å². The lowest BCUT2D eigenvalue weighted by Crippen LogP contribution is -2.30. The molecule has 2 rings (SSSR count). The fourth-order valence-electron chi connectivity index (χ4n) is 2.11. The maximum Gasteiger partial charge on any atom is 0.305 e. The quantitative estimate of drug-likeness (QED) is 0.796. The van der Waals surface area contributed by atoms with Gasteiger partial charge in [0.25, 0.3) is 5.91 Å². The van der Waals surface area contributed by atoms with Gasteiger partial charge in [0.05, 0.1) is 17.5 Å². The van der Waals surface area contributed by atoms with Crippen LogP contribution in [0, 0.1) is 5.82 Å². The standard InChI is InChI=1S/C16H15ClFNO5/c1-23-8-10-3-5-14(24-10)16(22)19-13(7-15(20)21)9-2-4-11(17)12(18)6-9/h2-6,13H,7-8H2,1H3,(H,19,22)(H,20,21). The molecule has 0 aliphatic rings. The molecule has 0 fully saturated rings. The lowest BCUT2D eigenvalue weighted by Gasteiger charge is -2.17. The van der Waals surface area contributed by atoms with Crippen LogP contribution in [0.3, 0.4) is 0 Å². The summed E-state index contributed by atoms with van der Waals surface area (Å²) in [4.78, 5) is 23.3. The Kier molecular flexibility index (Phi) is 5.94. The first-order chi connectivity index (χ1) is 11.4. The second kappa shape index (κ2) is 7.94. The number of hydrogen-bond acceptors (Lipinski definition) is 4. The normalized spacial score (nSPS) is 12.0. The lowest BCUT2D eigenvalue weighted by molar-refractivity contribution is -0.137. The molecule has 6 nitrogen and oxygen atoms in total. The number of amides is 1. The Labute approximate surface area is 142 Å². The molecule has 0 spiro atoms. The van der Waals surface area contributed by atoms with Crippen molar-refractivity contribution < 1.29 is 28.2 Å². The molecule has 2 N–H and O–H groups in total. The molecule has 1 aromatic heterocycles. The third kappa shape index (κ3) is 4.56. The van der Waals surface area contributed by atoms with Gasteiger partial charge in [-0.2, -0.15) is 0 Å². The van der Waals surface area contributed by atoms with E-state index in [1.807, 2.05) is 0 Å². The maximum atomic E-state index is 13.6. The number of benzene rings is 1. The van der Waals surface area contributed by atoms with Gasteiger partial charge >= 0.3 is 5.97 Å². The molecular formula is C16H15ClFNO5. The highest BCUT2D eigenvalue weighted by Crippen LogP contribution is 2.23. The number of aliphatic carboxylic acids is 1. The fraction of sp³-hybridized carbons (Fsp3) is 0.250. The van der Waals surface area contributed by atoms with E-state index < -0.39 is 30.2 Å². The third-order valence-electron chi connectivity index (χ3n) is 3.20. The van der Waals surface area contributed by atoms with Gasteiger partial charge in [-0.3, -0.25) is 9.59 Å². The van der Waals surface area contributed by atoms with E-state index in [1.165, 1.54) is 25.3 Å². The minimum Gasteiger partial charge on any atom is -0.481 e. The van der Waals surface area contributed by atoms with Crippen LogP contribution < -0.4 is 5.32 Å². The first-order valence-electron chi connectivity index (χ1n) is 6.96. The van der Waals surface area contributed by atoms with Crippen molar-refractivity contribution in [2.75, 3.05) is 7.11 Å². The molecule has 0 radical (unpaired) electrons. The summed E-state index contributed by atoms with van der Waals surface area (Å²) in [6, 6.07) is 5.94. The molecular weight excluding hydrogens is 341 g/mol. The van der Waals surface area contributed by atoms with Gasteiger partial charge in [0.2, 0.25) is 0 Å². The predicted molar refractivity (Wildman–Crippen MR) is 83.3 cm³/mol. The van der Waals surface area contributed by atoms with E-state index >= 15 is 0 Å². The number of carboxylic acids is 1. The Bertz CT molecular complexity index is 746. The number of methoxy groups -OCH3 is 1. The molecule has 1 atom stereocenters. The van der Waals surface area contributed by atoms with Crippen LogP contribution in [0.4, 0.5) is 4.39 Å². The first kappa shape index (κ1) is 18.0. The van der Waals surface area contributed by atoms with E-state index in [4.69, 9.17) is 25.9 Å². The zero-order chi connectivity index (χ0) is 17.7. The van der Waals surface area contributed by atoms with Crippen LogP contribution >= 0.6 is 11.6 Å². The smallest absolute Gasteiger partial charge is 0.305 e. The summed E-state index contributed by atoms with van der Waals surface area (Å²) in [5, 5.41) is 11.4. The Morgan fingerprint density at radius 1 is 1.38 bits per heavy atom. The van der Waals surface area contributed by atoms with Gasteiger partial charge in [-0.1, -0.05) is 17.7 Å². The number of rotatable bonds is 7. The summed E-state index contributed by atoms with van der Waals surface area (Å²) < 4.78 is 23.8. The van der Waals surface area contributed by atoms with E-state index in [9.17, 15) is 14.0 Å². The Morgan fingerprint density at radius 3 is 2.75 bits per heavy atom. The fourth-order valence-corrected chi connectivity index (χ4v) is 2.22. The summed E-state index contributed by atoms with van der Waals surface area (Å²) >= 11 is 5.62. The van der Waals surface area contributed by atoms with Crippen molar-refractivity contribution in [3.63, 3.8) is 0 Å². The van der Waals surface area contributed by atoms with Gasteiger partial charge in [-0.05, 0) is 29.8 Å². The number of furan rings is 1. The van der Waals surface area contributed by atoms with Crippen LogP contribution in [-0.2, 0) is 16.1 Å². The van der Waals surface area contributed by atoms with Crippen molar-refractivity contribution in [3.8, 4) is 0 Å². The summed E-state index contributed by atoms with van der Waals surface area (Å²) in [6.07, 6.45) is -0.418. The zero-order valence-electron chi connectivity index (χ0n) is 12.7. The van der Waals surface area contributed by atoms with Crippen molar-refractivity contribution in [2.24, 2.45) is 0 Å². The first-order valence-corrected chi connectivity index (χ1v) is 7.33. The number of carbonyl (C=O) groups excluding carboxylic acids is 1. The molecule has 1 heterocycles. The van der Waals surface area contributed by atoms with Gasteiger partial charge in [0, 0.05) is 7.11 Å². The highest BCUT2D eigenvalue weighted by Gasteiger charge is 2.21. The SMILES string of the molecule is COCc1ccc(C(=O)NC(CC(=O)O)c2ccc(Cl)c(F)c2)o1. The van der Waals surface area contributed by atoms with Crippen LogP contribution in [-0.4, -0.2) is 24.1 Å². The average molecular weight is 356 g/mol. The number of carboxylic acid groups (broad SMARTS) is 1. The number of carbonyl (C=O) groups is 2. The number of ether oxygens (including phenoxy) is 1. The Balaban J connectivity index is 2.19. The Morgan fingerprint density at radius 2 is 2.12 bits per heavy atom. The van der Waals surface area contributed by atoms with Gasteiger partial charge in [0.15, 0.2) is 5.76 Å². The number of hydrogen-bond donors (Lipinski definition) is 2. The van der Waals surface area contributed by atoms with Crippen molar-refractivity contribution >= 4 is 23.5 Å². The number of nitrogens with one attached hydrogen (secondary N) is 1. The van der Waals surface area contributed by atoms with E-state index in [-0.39, 0.29) is 23.0 Å². The van der Waals surface area contributed by atoms with Crippen molar-refractivity contribution in [1.29, 1.82) is 0 Å². The molecule has 128 valence electrons. The predicted octanol–water partition coefficient (Wildman–Crippen LogP) is 3.16. The average Bonchev–Trinajstić information content (AvgIpc) is 2.98. The second-order valence-electron chi connectivity index (χ2n) is 5.00. The molecule has 1 amide bonds. The molecule has 1 aromatic carbocycles. The van der Waals surface area contributed by atoms with Gasteiger partial charge in [-0.15, -0.1) is 0 Å². The topological polar surface area (TPSA) is 88.8 Å². The minimum absolute atomic E-state index is 0.00637. The van der Waals surface area contributed by atoms with Crippen LogP contribution in [0.15, 0.2) is 34.7 Å². The zero-order valence-corrected chi connectivity index (χ0v) is 13.5. The summed E-state index contributed by atoms with van der Waals surface area (Å²) in [5.41, 5.74) is 0.288. The largest absolute Gasteiger partial charge is 0.481 e. The van der Waals surface area contributed by atoms with Gasteiger partial charge in [-0.25, -0.2) is 4.39 Å². The molecule has 0 aliphatic heterocycles. The molecule has 0 bridgehead atoms. The molecule has 1 unspecified atom stereocenters. The van der Waals surface area contributed by atoms with Crippen LogP contribution in [0.5, 0.6) is 0 Å². The molecule has 0 saturated heterocycles. The highest BCUT2D eigenvalue weighted by atomic mass is 35.5. The van der Waals surface area contributed by atoms with Crippen molar-refractivity contribution in [2.45, 2.75) is 19.1 Å². The van der Waals surface area contributed by atoms with Crippen LogP contribution in [0.25, 0.3) is 0 Å². The summed E-state index contributed by atoms with van der Waals surface area (Å²) in [7, 11) is 1.49. The minimum atomic E-state index is -1.14. The molecule has 0 saturated carbocycles. The van der Waals surface area contributed by atoms with E-state index in [1.54, 1.807) is 6.07 Å². The monoisotopic (exact) mass is 355 g/mol.